The molecule has 1 aliphatic rings. The minimum absolute atomic E-state index is 0.0893. The van der Waals surface area contributed by atoms with Gasteiger partial charge in [0, 0.05) is 19.3 Å². The molecule has 0 saturated carbocycles. The highest BCUT2D eigenvalue weighted by Gasteiger charge is 2.26. The van der Waals surface area contributed by atoms with Crippen LogP contribution in [0, 0.1) is 0 Å². The first-order chi connectivity index (χ1) is 20.5. The molecular weight excluding hydrogens is 597 g/mol. The quantitative estimate of drug-likeness (QED) is 0.207. The van der Waals surface area contributed by atoms with Gasteiger partial charge in [-0.1, -0.05) is 41.4 Å². The summed E-state index contributed by atoms with van der Waals surface area (Å²) in [5.41, 5.74) is 7.27. The van der Waals surface area contributed by atoms with Crippen molar-refractivity contribution in [2.75, 3.05) is 58.2 Å². The number of likely N-dealkylation sites (N-methyl/N-ethyl adjacent to an activating group) is 1. The van der Waals surface area contributed by atoms with Crippen molar-refractivity contribution in [3.05, 3.63) is 63.6 Å². The van der Waals surface area contributed by atoms with Gasteiger partial charge in [-0.15, -0.1) is 0 Å². The van der Waals surface area contributed by atoms with E-state index in [0.29, 0.717) is 22.3 Å². The summed E-state index contributed by atoms with van der Waals surface area (Å²) in [7, 11) is 1.77. The molecule has 14 heteroatoms. The van der Waals surface area contributed by atoms with Crippen LogP contribution in [0.25, 0.3) is 0 Å². The number of halogens is 2. The number of carbonyl (C=O) groups excluding carboxylic acids is 5. The Morgan fingerprint density at radius 1 is 0.860 bits per heavy atom. The van der Waals surface area contributed by atoms with Gasteiger partial charge >= 0.3 is 0 Å². The molecule has 1 atom stereocenters. The summed E-state index contributed by atoms with van der Waals surface area (Å²) < 4.78 is 0. The predicted octanol–water partition coefficient (Wildman–Crippen LogP) is 1.08. The molecule has 1 heterocycles. The van der Waals surface area contributed by atoms with Gasteiger partial charge in [0.25, 0.3) is 0 Å². The van der Waals surface area contributed by atoms with E-state index >= 15 is 0 Å². The Bertz CT molecular complexity index is 1320. The molecule has 1 unspecified atom stereocenters. The molecule has 5 amide bonds. The zero-order chi connectivity index (χ0) is 31.4. The molecule has 1 fully saturated rings. The molecule has 6 N–H and O–H groups in total. The van der Waals surface area contributed by atoms with Crippen LogP contribution in [0.2, 0.25) is 10.0 Å². The molecule has 0 radical (unpaired) electrons. The summed E-state index contributed by atoms with van der Waals surface area (Å²) in [5, 5.41) is 10.6. The van der Waals surface area contributed by atoms with Crippen molar-refractivity contribution in [3.63, 3.8) is 0 Å². The second-order valence-corrected chi connectivity index (χ2v) is 11.0. The summed E-state index contributed by atoms with van der Waals surface area (Å²) in [6.07, 6.45) is 2.36. The predicted molar refractivity (Wildman–Crippen MR) is 165 cm³/mol. The first-order valence-electron chi connectivity index (χ1n) is 13.9. The topological polar surface area (TPSA) is 166 Å². The number of benzene rings is 2. The second kappa shape index (κ2) is 16.8. The number of rotatable bonds is 14. The first kappa shape index (κ1) is 33.8. The molecule has 1 aliphatic heterocycles. The lowest BCUT2D eigenvalue weighted by atomic mass is 10.0. The van der Waals surface area contributed by atoms with Crippen LogP contribution >= 0.6 is 23.2 Å². The van der Waals surface area contributed by atoms with Crippen molar-refractivity contribution >= 4 is 58.4 Å². The Hall–Kier alpha value is -3.71. The highest BCUT2D eigenvalue weighted by atomic mass is 35.5. The van der Waals surface area contributed by atoms with Crippen molar-refractivity contribution < 1.29 is 24.0 Å². The van der Waals surface area contributed by atoms with E-state index in [1.165, 1.54) is 0 Å². The number of amides is 5. The molecule has 43 heavy (non-hydrogen) atoms. The van der Waals surface area contributed by atoms with E-state index in [2.05, 4.69) is 26.2 Å². The van der Waals surface area contributed by atoms with Crippen LogP contribution in [-0.2, 0) is 30.4 Å². The van der Waals surface area contributed by atoms with Gasteiger partial charge in [-0.3, -0.25) is 24.0 Å². The molecular formula is C29H37Cl2N7O5. The number of likely N-dealkylation sites (tertiary alicyclic amines) is 1. The van der Waals surface area contributed by atoms with Crippen molar-refractivity contribution in [2.24, 2.45) is 5.73 Å². The first-order valence-corrected chi connectivity index (χ1v) is 14.6. The van der Waals surface area contributed by atoms with Crippen LogP contribution in [0.5, 0.6) is 0 Å². The molecule has 1 saturated heterocycles. The van der Waals surface area contributed by atoms with E-state index in [9.17, 15) is 24.0 Å². The van der Waals surface area contributed by atoms with E-state index in [1.807, 2.05) is 12.1 Å². The Kier molecular flexibility index (Phi) is 13.2. The van der Waals surface area contributed by atoms with E-state index < -0.39 is 23.6 Å². The smallest absolute Gasteiger partial charge is 0.243 e. The van der Waals surface area contributed by atoms with Crippen molar-refractivity contribution in [1.82, 2.24) is 25.8 Å². The average molecular weight is 635 g/mol. The van der Waals surface area contributed by atoms with Crippen molar-refractivity contribution in [2.45, 2.75) is 25.3 Å². The lowest BCUT2D eigenvalue weighted by Gasteiger charge is -2.32. The Labute approximate surface area is 260 Å². The summed E-state index contributed by atoms with van der Waals surface area (Å²) >= 11 is 12.2. The molecule has 0 bridgehead atoms. The van der Waals surface area contributed by atoms with Crippen LogP contribution < -0.4 is 27.0 Å². The van der Waals surface area contributed by atoms with Gasteiger partial charge < -0.3 is 36.8 Å². The fourth-order valence-electron chi connectivity index (χ4n) is 4.55. The fourth-order valence-corrected chi connectivity index (χ4v) is 4.87. The lowest BCUT2D eigenvalue weighted by Crippen LogP contribution is -2.44. The summed E-state index contributed by atoms with van der Waals surface area (Å²) in [5.74, 6) is -2.19. The van der Waals surface area contributed by atoms with Crippen LogP contribution in [0.15, 0.2) is 42.5 Å². The minimum atomic E-state index is -0.574. The molecule has 0 aromatic heterocycles. The Morgan fingerprint density at radius 3 is 2.12 bits per heavy atom. The van der Waals surface area contributed by atoms with Gasteiger partial charge in [-0.25, -0.2) is 0 Å². The Morgan fingerprint density at radius 2 is 1.49 bits per heavy atom. The largest absolute Gasteiger partial charge is 0.346 e. The number of nitrogens with zero attached hydrogens (tertiary/aromatic N) is 2. The third-order valence-electron chi connectivity index (χ3n) is 6.91. The fraction of sp³-hybridized carbons (Fsp3) is 0.414. The number of nitrogens with one attached hydrogen (secondary N) is 4. The second-order valence-electron chi connectivity index (χ2n) is 10.2. The summed E-state index contributed by atoms with van der Waals surface area (Å²) in [4.78, 5) is 64.8. The van der Waals surface area contributed by atoms with Gasteiger partial charge in [-0.2, -0.15) is 0 Å². The standard InChI is InChI=1S/C29H37Cl2N7O5/c1-37(29(43)12-19-7-8-22(30)23(31)11-19)24(18-38-9-2-3-10-38)20-5-4-6-21(13-20)36-28(42)17-35-27(41)16-34-26(40)15-33-25(39)14-32/h4-8,11,13,24H,2-3,9-10,12,14-18,32H2,1H3,(H,33,39)(H,34,40)(H,35,41)(H,36,42). The molecule has 232 valence electrons. The van der Waals surface area contributed by atoms with E-state index in [-0.39, 0.29) is 44.5 Å². The van der Waals surface area contributed by atoms with E-state index in [0.717, 1.165) is 37.1 Å². The van der Waals surface area contributed by atoms with Gasteiger partial charge in [-0.05, 0) is 61.3 Å². The third kappa shape index (κ3) is 11.1. The van der Waals surface area contributed by atoms with E-state index in [1.54, 1.807) is 42.3 Å². The molecule has 0 aliphatic carbocycles. The van der Waals surface area contributed by atoms with Gasteiger partial charge in [0.05, 0.1) is 48.7 Å². The van der Waals surface area contributed by atoms with Crippen molar-refractivity contribution in [3.8, 4) is 0 Å². The van der Waals surface area contributed by atoms with Crippen LogP contribution in [-0.4, -0.2) is 92.2 Å². The van der Waals surface area contributed by atoms with Crippen LogP contribution in [0.4, 0.5) is 5.69 Å². The number of carbonyl (C=O) groups is 5. The average Bonchev–Trinajstić information content (AvgIpc) is 3.51. The molecule has 3 rings (SSSR count). The number of anilines is 1. The van der Waals surface area contributed by atoms with Crippen LogP contribution in [0.3, 0.4) is 0 Å². The summed E-state index contributed by atoms with van der Waals surface area (Å²) in [6.45, 7) is 1.30. The van der Waals surface area contributed by atoms with Gasteiger partial charge in [0.15, 0.2) is 0 Å². The highest BCUT2D eigenvalue weighted by molar-refractivity contribution is 6.42. The van der Waals surface area contributed by atoms with Crippen molar-refractivity contribution in [1.29, 1.82) is 0 Å². The van der Waals surface area contributed by atoms with Crippen LogP contribution in [0.1, 0.15) is 30.0 Å². The molecule has 12 nitrogen and oxygen atoms in total. The molecule has 0 spiro atoms. The molecule has 2 aromatic carbocycles. The lowest BCUT2D eigenvalue weighted by molar-refractivity contribution is -0.131. The van der Waals surface area contributed by atoms with E-state index in [4.69, 9.17) is 28.9 Å². The number of nitrogens with two attached hydrogens (primary N) is 1. The number of hydrogen-bond donors (Lipinski definition) is 5. The monoisotopic (exact) mass is 633 g/mol. The number of hydrogen-bond acceptors (Lipinski definition) is 7. The van der Waals surface area contributed by atoms with Gasteiger partial charge in [0.1, 0.15) is 0 Å². The maximum absolute atomic E-state index is 13.4. The molecule has 2 aromatic rings. The third-order valence-corrected chi connectivity index (χ3v) is 7.65. The highest BCUT2D eigenvalue weighted by Crippen LogP contribution is 2.27. The Balaban J connectivity index is 1.59. The maximum Gasteiger partial charge on any atom is 0.243 e. The maximum atomic E-state index is 13.4. The summed E-state index contributed by atoms with van der Waals surface area (Å²) in [6, 6.07) is 12.1. The zero-order valence-corrected chi connectivity index (χ0v) is 25.5. The SMILES string of the molecule is CN(C(=O)Cc1ccc(Cl)c(Cl)c1)C(CN1CCCC1)c1cccc(NC(=O)CNC(=O)CNC(=O)CNC(=O)CN)c1. The normalized spacial score (nSPS) is 13.6. The minimum Gasteiger partial charge on any atom is -0.346 e. The zero-order valence-electron chi connectivity index (χ0n) is 24.0. The van der Waals surface area contributed by atoms with Gasteiger partial charge in [0.2, 0.25) is 29.5 Å².